The van der Waals surface area contributed by atoms with Crippen LogP contribution in [0.1, 0.15) is 35.1 Å². The van der Waals surface area contributed by atoms with Gasteiger partial charge in [-0.25, -0.2) is 5.43 Å². The highest BCUT2D eigenvalue weighted by atomic mass is 16.2. The van der Waals surface area contributed by atoms with E-state index in [9.17, 15) is 9.59 Å². The molecule has 0 atom stereocenters. The van der Waals surface area contributed by atoms with Crippen LogP contribution in [0.15, 0.2) is 47.6 Å². The Bertz CT molecular complexity index is 760. The molecule has 0 aromatic heterocycles. The highest BCUT2D eigenvalue weighted by Gasteiger charge is 2.10. The van der Waals surface area contributed by atoms with Gasteiger partial charge in [-0.1, -0.05) is 48.0 Å². The average Bonchev–Trinajstić information content (AvgIpc) is 2.57. The molecule has 2 aromatic rings. The van der Waals surface area contributed by atoms with E-state index < -0.39 is 0 Å². The van der Waals surface area contributed by atoms with Crippen molar-refractivity contribution in [3.05, 3.63) is 64.7 Å². The highest BCUT2D eigenvalue weighted by Crippen LogP contribution is 2.22. The molecule has 0 bridgehead atoms. The maximum absolute atomic E-state index is 12.1. The normalized spacial score (nSPS) is 10.7. The molecule has 0 saturated heterocycles. The number of nitrogens with zero attached hydrogens (tertiary/aromatic N) is 1. The van der Waals surface area contributed by atoms with Crippen LogP contribution in [-0.4, -0.2) is 18.0 Å². The molecule has 130 valence electrons. The van der Waals surface area contributed by atoms with Gasteiger partial charge in [0.25, 0.3) is 0 Å². The topological polar surface area (TPSA) is 70.6 Å². The fraction of sp³-hybridized carbons (Fsp3) is 0.250. The van der Waals surface area contributed by atoms with Crippen molar-refractivity contribution in [2.75, 3.05) is 5.32 Å². The van der Waals surface area contributed by atoms with Crippen molar-refractivity contribution in [2.24, 2.45) is 5.10 Å². The van der Waals surface area contributed by atoms with E-state index in [1.807, 2.05) is 63.2 Å². The molecule has 0 fully saturated rings. The van der Waals surface area contributed by atoms with Crippen LogP contribution in [0, 0.1) is 20.8 Å². The molecule has 0 radical (unpaired) electrons. The summed E-state index contributed by atoms with van der Waals surface area (Å²) in [7, 11) is 0. The smallest absolute Gasteiger partial charge is 0.240 e. The van der Waals surface area contributed by atoms with Crippen LogP contribution in [0.25, 0.3) is 0 Å². The van der Waals surface area contributed by atoms with Gasteiger partial charge in [-0.3, -0.25) is 9.59 Å². The number of benzene rings is 2. The van der Waals surface area contributed by atoms with Crippen molar-refractivity contribution in [3.63, 3.8) is 0 Å². The number of carbonyl (C=O) groups excluding carboxylic acids is 2. The summed E-state index contributed by atoms with van der Waals surface area (Å²) in [6.07, 6.45) is 1.76. The summed E-state index contributed by atoms with van der Waals surface area (Å²) >= 11 is 0. The first-order valence-corrected chi connectivity index (χ1v) is 8.20. The Balaban J connectivity index is 1.80. The number of nitrogens with one attached hydrogen (secondary N) is 2. The fourth-order valence-corrected chi connectivity index (χ4v) is 2.58. The van der Waals surface area contributed by atoms with Crippen LogP contribution in [0.3, 0.4) is 0 Å². The number of carbonyl (C=O) groups is 2. The zero-order valence-corrected chi connectivity index (χ0v) is 14.8. The SMILES string of the molecule is Cc1cc(C)c(NC(=O)CCC(=O)N/N=C/c2ccccc2)c(C)c1. The number of rotatable bonds is 6. The van der Waals surface area contributed by atoms with Gasteiger partial charge in [0.1, 0.15) is 0 Å². The third kappa shape index (κ3) is 5.88. The van der Waals surface area contributed by atoms with Gasteiger partial charge in [-0.15, -0.1) is 0 Å². The van der Waals surface area contributed by atoms with Crippen LogP contribution in [0.5, 0.6) is 0 Å². The Morgan fingerprint density at radius 1 is 0.960 bits per heavy atom. The molecule has 0 heterocycles. The minimum atomic E-state index is -0.292. The van der Waals surface area contributed by atoms with E-state index in [0.29, 0.717) is 0 Å². The largest absolute Gasteiger partial charge is 0.326 e. The molecule has 2 aromatic carbocycles. The Hall–Kier alpha value is -2.95. The van der Waals surface area contributed by atoms with E-state index in [-0.39, 0.29) is 24.7 Å². The van der Waals surface area contributed by atoms with Crippen molar-refractivity contribution in [1.29, 1.82) is 0 Å². The monoisotopic (exact) mass is 337 g/mol. The molecule has 2 N–H and O–H groups in total. The van der Waals surface area contributed by atoms with Gasteiger partial charge in [0, 0.05) is 18.5 Å². The van der Waals surface area contributed by atoms with Crippen molar-refractivity contribution >= 4 is 23.7 Å². The Kier molecular flexibility index (Phi) is 6.46. The first-order valence-electron chi connectivity index (χ1n) is 8.20. The molecule has 0 aliphatic carbocycles. The lowest BCUT2D eigenvalue weighted by Crippen LogP contribution is -2.21. The molecule has 5 heteroatoms. The predicted octanol–water partition coefficient (Wildman–Crippen LogP) is 3.48. The van der Waals surface area contributed by atoms with E-state index in [4.69, 9.17) is 0 Å². The van der Waals surface area contributed by atoms with E-state index in [2.05, 4.69) is 15.8 Å². The fourth-order valence-electron chi connectivity index (χ4n) is 2.58. The van der Waals surface area contributed by atoms with Gasteiger partial charge in [-0.2, -0.15) is 5.10 Å². The minimum Gasteiger partial charge on any atom is -0.326 e. The minimum absolute atomic E-state index is 0.0852. The first kappa shape index (κ1) is 18.4. The summed E-state index contributed by atoms with van der Waals surface area (Å²) in [5, 5.41) is 6.77. The number of amides is 2. The van der Waals surface area contributed by atoms with Gasteiger partial charge < -0.3 is 5.32 Å². The molecule has 2 rings (SSSR count). The Morgan fingerprint density at radius 2 is 1.56 bits per heavy atom. The molecule has 5 nitrogen and oxygen atoms in total. The number of hydrogen-bond acceptors (Lipinski definition) is 3. The third-order valence-electron chi connectivity index (χ3n) is 3.72. The number of anilines is 1. The zero-order valence-electron chi connectivity index (χ0n) is 14.8. The summed E-state index contributed by atoms with van der Waals surface area (Å²) in [5.41, 5.74) is 7.33. The maximum Gasteiger partial charge on any atom is 0.240 e. The second kappa shape index (κ2) is 8.78. The van der Waals surface area contributed by atoms with E-state index in [0.717, 1.165) is 27.9 Å². The van der Waals surface area contributed by atoms with Crippen molar-refractivity contribution < 1.29 is 9.59 Å². The predicted molar refractivity (Wildman–Crippen MR) is 101 cm³/mol. The number of hydrazone groups is 1. The quantitative estimate of drug-likeness (QED) is 0.626. The number of hydrogen-bond donors (Lipinski definition) is 2. The van der Waals surface area contributed by atoms with Crippen molar-refractivity contribution in [1.82, 2.24) is 5.43 Å². The lowest BCUT2D eigenvalue weighted by molar-refractivity contribution is -0.124. The van der Waals surface area contributed by atoms with Crippen LogP contribution in [-0.2, 0) is 9.59 Å². The second-order valence-corrected chi connectivity index (χ2v) is 6.03. The van der Waals surface area contributed by atoms with Crippen LogP contribution >= 0.6 is 0 Å². The van der Waals surface area contributed by atoms with Gasteiger partial charge in [0.05, 0.1) is 6.21 Å². The molecule has 0 saturated carbocycles. The van der Waals surface area contributed by atoms with Gasteiger partial charge in [-0.05, 0) is 37.5 Å². The standard InChI is InChI=1S/C20H23N3O2/c1-14-11-15(2)20(16(3)12-14)22-18(24)9-10-19(25)23-21-13-17-7-5-4-6-8-17/h4-8,11-13H,9-10H2,1-3H3,(H,22,24)(H,23,25)/b21-13+. The van der Waals surface area contributed by atoms with E-state index >= 15 is 0 Å². The summed E-state index contributed by atoms with van der Waals surface area (Å²) < 4.78 is 0. The molecule has 2 amide bonds. The van der Waals surface area contributed by atoms with Gasteiger partial charge >= 0.3 is 0 Å². The molecule has 0 unspecified atom stereocenters. The average molecular weight is 337 g/mol. The first-order chi connectivity index (χ1) is 12.0. The summed E-state index contributed by atoms with van der Waals surface area (Å²) in [6, 6.07) is 13.5. The second-order valence-electron chi connectivity index (χ2n) is 6.03. The summed E-state index contributed by atoms with van der Waals surface area (Å²) in [4.78, 5) is 23.8. The van der Waals surface area contributed by atoms with Gasteiger partial charge in [0.2, 0.25) is 11.8 Å². The Morgan fingerprint density at radius 3 is 2.20 bits per heavy atom. The third-order valence-corrected chi connectivity index (χ3v) is 3.72. The van der Waals surface area contributed by atoms with Crippen molar-refractivity contribution in [2.45, 2.75) is 33.6 Å². The lowest BCUT2D eigenvalue weighted by atomic mass is 10.0. The van der Waals surface area contributed by atoms with Gasteiger partial charge in [0.15, 0.2) is 0 Å². The Labute approximate surface area is 148 Å². The van der Waals surface area contributed by atoms with Crippen LogP contribution in [0.4, 0.5) is 5.69 Å². The summed E-state index contributed by atoms with van der Waals surface area (Å²) in [6.45, 7) is 5.94. The molecular formula is C20H23N3O2. The number of aryl methyl sites for hydroxylation is 3. The highest BCUT2D eigenvalue weighted by molar-refractivity contribution is 5.94. The zero-order chi connectivity index (χ0) is 18.2. The lowest BCUT2D eigenvalue weighted by Gasteiger charge is -2.12. The van der Waals surface area contributed by atoms with E-state index in [1.165, 1.54) is 0 Å². The maximum atomic E-state index is 12.1. The summed E-state index contributed by atoms with van der Waals surface area (Å²) in [5.74, 6) is -0.475. The van der Waals surface area contributed by atoms with Crippen LogP contribution in [0.2, 0.25) is 0 Å². The molecule has 25 heavy (non-hydrogen) atoms. The molecule has 0 aliphatic heterocycles. The van der Waals surface area contributed by atoms with E-state index in [1.54, 1.807) is 6.21 Å². The molecule has 0 spiro atoms. The molecule has 0 aliphatic rings. The molecular weight excluding hydrogens is 314 g/mol. The van der Waals surface area contributed by atoms with Crippen LogP contribution < -0.4 is 10.7 Å². The van der Waals surface area contributed by atoms with Crippen molar-refractivity contribution in [3.8, 4) is 0 Å².